The summed E-state index contributed by atoms with van der Waals surface area (Å²) in [5.41, 5.74) is 0.689. The second-order valence-corrected chi connectivity index (χ2v) is 3.95. The quantitative estimate of drug-likeness (QED) is 0.869. The van der Waals surface area contributed by atoms with E-state index >= 15 is 0 Å². The van der Waals surface area contributed by atoms with Crippen molar-refractivity contribution in [1.82, 2.24) is 4.98 Å². The predicted molar refractivity (Wildman–Crippen MR) is 67.6 cm³/mol. The van der Waals surface area contributed by atoms with Crippen LogP contribution in [0, 0.1) is 11.3 Å². The highest BCUT2D eigenvalue weighted by molar-refractivity contribution is 5.72. The third-order valence-electron chi connectivity index (χ3n) is 2.64. The van der Waals surface area contributed by atoms with E-state index in [2.05, 4.69) is 9.72 Å². The van der Waals surface area contributed by atoms with Gasteiger partial charge in [-0.05, 0) is 23.8 Å². The Balaban J connectivity index is 2.52. The topological polar surface area (TPSA) is 55.1 Å². The third kappa shape index (κ3) is 3.42. The molecule has 0 radical (unpaired) electrons. The largest absolute Gasteiger partial charge is 0.573 e. The van der Waals surface area contributed by atoms with Gasteiger partial charge in [0, 0.05) is 18.0 Å². The van der Waals surface area contributed by atoms with Gasteiger partial charge in [-0.3, -0.25) is 4.98 Å². The van der Waals surface area contributed by atoms with Crippen molar-refractivity contribution in [3.05, 3.63) is 42.2 Å². The fourth-order valence-corrected chi connectivity index (χ4v) is 1.77. The summed E-state index contributed by atoms with van der Waals surface area (Å²) < 4.78 is 46.1. The van der Waals surface area contributed by atoms with Gasteiger partial charge in [0.15, 0.2) is 0 Å². The molecule has 108 valence electrons. The van der Waals surface area contributed by atoms with E-state index < -0.39 is 12.1 Å². The molecule has 0 aliphatic heterocycles. The first kappa shape index (κ1) is 14.7. The van der Waals surface area contributed by atoms with Crippen molar-refractivity contribution in [3.63, 3.8) is 0 Å². The van der Waals surface area contributed by atoms with Crippen molar-refractivity contribution in [3.8, 4) is 28.7 Å². The molecule has 0 fully saturated rings. The Kier molecular flexibility index (Phi) is 3.98. The number of hydrogen-bond acceptors (Lipinski definition) is 4. The van der Waals surface area contributed by atoms with Gasteiger partial charge in [-0.25, -0.2) is 0 Å². The number of nitrogens with zero attached hydrogens (tertiary/aromatic N) is 2. The van der Waals surface area contributed by atoms with E-state index in [0.717, 1.165) is 6.07 Å². The minimum atomic E-state index is -4.87. The van der Waals surface area contributed by atoms with E-state index in [1.165, 1.54) is 31.6 Å². The lowest BCUT2D eigenvalue weighted by atomic mass is 10.0. The minimum absolute atomic E-state index is 0.209. The van der Waals surface area contributed by atoms with E-state index in [-0.39, 0.29) is 5.56 Å². The number of benzene rings is 1. The number of pyridine rings is 1. The van der Waals surface area contributed by atoms with Crippen LogP contribution in [0.2, 0.25) is 0 Å². The smallest absolute Gasteiger partial charge is 0.496 e. The van der Waals surface area contributed by atoms with Crippen molar-refractivity contribution in [2.75, 3.05) is 7.11 Å². The summed E-state index contributed by atoms with van der Waals surface area (Å²) >= 11 is 0. The van der Waals surface area contributed by atoms with Crippen LogP contribution >= 0.6 is 0 Å². The highest BCUT2D eigenvalue weighted by atomic mass is 19.4. The molecule has 1 aromatic carbocycles. The minimum Gasteiger partial charge on any atom is -0.496 e. The van der Waals surface area contributed by atoms with Crippen LogP contribution in [0.4, 0.5) is 13.2 Å². The summed E-state index contributed by atoms with van der Waals surface area (Å²) in [6.45, 7) is 0. The van der Waals surface area contributed by atoms with Crippen molar-refractivity contribution < 1.29 is 22.6 Å². The SMILES string of the molecule is COc1ccncc1-c1ccc(C#N)c(OC(F)(F)F)c1. The average molecular weight is 294 g/mol. The molecular formula is C14H9F3N2O2. The number of nitriles is 1. The van der Waals surface area contributed by atoms with Gasteiger partial charge >= 0.3 is 6.36 Å². The summed E-state index contributed by atoms with van der Waals surface area (Å²) in [7, 11) is 1.44. The summed E-state index contributed by atoms with van der Waals surface area (Å²) in [5, 5.41) is 8.84. The van der Waals surface area contributed by atoms with E-state index in [4.69, 9.17) is 10.00 Å². The lowest BCUT2D eigenvalue weighted by Crippen LogP contribution is -2.17. The Hall–Kier alpha value is -2.75. The monoisotopic (exact) mass is 294 g/mol. The molecule has 0 spiro atoms. The molecular weight excluding hydrogens is 285 g/mol. The summed E-state index contributed by atoms with van der Waals surface area (Å²) in [5.74, 6) is -0.110. The molecule has 0 bridgehead atoms. The van der Waals surface area contributed by atoms with E-state index in [1.54, 1.807) is 12.1 Å². The van der Waals surface area contributed by atoms with Crippen LogP contribution in [0.3, 0.4) is 0 Å². The summed E-state index contributed by atoms with van der Waals surface area (Å²) in [4.78, 5) is 3.91. The molecule has 7 heteroatoms. The molecule has 4 nitrogen and oxygen atoms in total. The molecule has 1 aromatic heterocycles. The second kappa shape index (κ2) is 5.71. The Morgan fingerprint density at radius 1 is 1.19 bits per heavy atom. The zero-order valence-electron chi connectivity index (χ0n) is 10.8. The highest BCUT2D eigenvalue weighted by Crippen LogP contribution is 2.34. The molecule has 0 unspecified atom stereocenters. The van der Waals surface area contributed by atoms with Crippen molar-refractivity contribution in [1.29, 1.82) is 5.26 Å². The lowest BCUT2D eigenvalue weighted by molar-refractivity contribution is -0.274. The van der Waals surface area contributed by atoms with Crippen LogP contribution in [0.15, 0.2) is 36.7 Å². The van der Waals surface area contributed by atoms with E-state index in [9.17, 15) is 13.2 Å². The maximum Gasteiger partial charge on any atom is 0.573 e. The van der Waals surface area contributed by atoms with Gasteiger partial charge in [0.25, 0.3) is 0 Å². The van der Waals surface area contributed by atoms with Gasteiger partial charge in [-0.2, -0.15) is 5.26 Å². The first-order valence-electron chi connectivity index (χ1n) is 5.73. The Morgan fingerprint density at radius 3 is 2.57 bits per heavy atom. The fourth-order valence-electron chi connectivity index (χ4n) is 1.77. The van der Waals surface area contributed by atoms with E-state index in [1.807, 2.05) is 0 Å². The number of halogens is 3. The number of hydrogen-bond donors (Lipinski definition) is 0. The number of aromatic nitrogens is 1. The Morgan fingerprint density at radius 2 is 1.95 bits per heavy atom. The van der Waals surface area contributed by atoms with Crippen molar-refractivity contribution in [2.45, 2.75) is 6.36 Å². The van der Waals surface area contributed by atoms with Gasteiger partial charge in [-0.1, -0.05) is 6.07 Å². The summed E-state index contributed by atoms with van der Waals surface area (Å²) in [6, 6.07) is 7.12. The first-order valence-corrected chi connectivity index (χ1v) is 5.73. The van der Waals surface area contributed by atoms with Crippen LogP contribution in [-0.4, -0.2) is 18.5 Å². The molecule has 2 aromatic rings. The number of methoxy groups -OCH3 is 1. The van der Waals surface area contributed by atoms with Crippen molar-refractivity contribution >= 4 is 0 Å². The third-order valence-corrected chi connectivity index (χ3v) is 2.64. The molecule has 0 aliphatic rings. The molecule has 0 N–H and O–H groups in total. The van der Waals surface area contributed by atoms with E-state index in [0.29, 0.717) is 16.9 Å². The van der Waals surface area contributed by atoms with Gasteiger partial charge < -0.3 is 9.47 Å². The Labute approximate surface area is 118 Å². The molecule has 0 saturated carbocycles. The lowest BCUT2D eigenvalue weighted by Gasteiger charge is -2.13. The maximum absolute atomic E-state index is 12.4. The molecule has 21 heavy (non-hydrogen) atoms. The van der Waals surface area contributed by atoms with Gasteiger partial charge in [0.05, 0.1) is 12.7 Å². The predicted octanol–water partition coefficient (Wildman–Crippen LogP) is 3.53. The standard InChI is InChI=1S/C14H9F3N2O2/c1-20-12-4-5-19-8-11(12)9-2-3-10(7-18)13(6-9)21-14(15,16)17/h2-6,8H,1H3. The maximum atomic E-state index is 12.4. The normalized spacial score (nSPS) is 10.8. The molecule has 1 heterocycles. The first-order chi connectivity index (χ1) is 9.94. The molecule has 0 atom stereocenters. The number of ether oxygens (including phenoxy) is 2. The van der Waals surface area contributed by atoms with Crippen LogP contribution in [0.1, 0.15) is 5.56 Å². The van der Waals surface area contributed by atoms with Gasteiger partial charge in [-0.15, -0.1) is 13.2 Å². The second-order valence-electron chi connectivity index (χ2n) is 3.95. The number of rotatable bonds is 3. The van der Waals surface area contributed by atoms with Gasteiger partial charge in [0.2, 0.25) is 0 Å². The van der Waals surface area contributed by atoms with Gasteiger partial charge in [0.1, 0.15) is 17.6 Å². The molecule has 2 rings (SSSR count). The molecule has 0 amide bonds. The van der Waals surface area contributed by atoms with Crippen LogP contribution in [0.5, 0.6) is 11.5 Å². The zero-order valence-corrected chi connectivity index (χ0v) is 10.8. The van der Waals surface area contributed by atoms with Crippen LogP contribution < -0.4 is 9.47 Å². The highest BCUT2D eigenvalue weighted by Gasteiger charge is 2.32. The Bertz CT molecular complexity index is 693. The number of alkyl halides is 3. The zero-order chi connectivity index (χ0) is 15.5. The van der Waals surface area contributed by atoms with Crippen LogP contribution in [0.25, 0.3) is 11.1 Å². The van der Waals surface area contributed by atoms with Crippen molar-refractivity contribution in [2.24, 2.45) is 0 Å². The van der Waals surface area contributed by atoms with Crippen LogP contribution in [-0.2, 0) is 0 Å². The summed E-state index contributed by atoms with van der Waals surface area (Å²) in [6.07, 6.45) is -1.92. The fraction of sp³-hybridized carbons (Fsp3) is 0.143. The molecule has 0 saturated heterocycles. The molecule has 0 aliphatic carbocycles. The average Bonchev–Trinajstić information content (AvgIpc) is 2.45.